The molecule has 7 nitrogen and oxygen atoms in total. The van der Waals surface area contributed by atoms with Crippen molar-refractivity contribution in [3.8, 4) is 45.1 Å². The van der Waals surface area contributed by atoms with Crippen LogP contribution in [0.1, 0.15) is 29.8 Å². The molecular weight excluding hydrogens is 524 g/mol. The van der Waals surface area contributed by atoms with Gasteiger partial charge in [-0.05, 0) is 86.0 Å². The fourth-order valence-electron chi connectivity index (χ4n) is 4.98. The Morgan fingerprint density at radius 1 is 0.762 bits per heavy atom. The lowest BCUT2D eigenvalue weighted by Crippen LogP contribution is -2.06. The van der Waals surface area contributed by atoms with E-state index >= 15 is 0 Å². The monoisotopic (exact) mass is 554 g/mol. The summed E-state index contributed by atoms with van der Waals surface area (Å²) in [4.78, 5) is 21.2. The van der Waals surface area contributed by atoms with E-state index in [0.717, 1.165) is 61.7 Å². The van der Waals surface area contributed by atoms with Gasteiger partial charge in [0.2, 0.25) is 0 Å². The molecule has 0 amide bonds. The second-order valence-corrected chi connectivity index (χ2v) is 10.4. The van der Waals surface area contributed by atoms with Gasteiger partial charge in [-0.1, -0.05) is 42.5 Å². The van der Waals surface area contributed by atoms with Crippen LogP contribution in [0.15, 0.2) is 103 Å². The van der Waals surface area contributed by atoms with E-state index in [2.05, 4.69) is 59.4 Å². The normalized spacial score (nSPS) is 11.2. The first-order chi connectivity index (χ1) is 20.4. The fraction of sp³-hybridized carbons (Fsp3) is 0.143. The van der Waals surface area contributed by atoms with Gasteiger partial charge in [0.05, 0.1) is 46.9 Å². The van der Waals surface area contributed by atoms with Crippen molar-refractivity contribution >= 4 is 17.0 Å². The van der Waals surface area contributed by atoms with Gasteiger partial charge in [-0.15, -0.1) is 0 Å². The quantitative estimate of drug-likeness (QED) is 0.188. The summed E-state index contributed by atoms with van der Waals surface area (Å²) in [6.45, 7) is 6.13. The second-order valence-electron chi connectivity index (χ2n) is 10.4. The zero-order chi connectivity index (χ0) is 29.2. The molecule has 0 aliphatic rings. The molecule has 0 bridgehead atoms. The molecular formula is C35H30N4O3. The first-order valence-electron chi connectivity index (χ1n) is 13.8. The molecule has 0 N–H and O–H groups in total. The lowest BCUT2D eigenvalue weighted by molar-refractivity contribution is 0.0600. The van der Waals surface area contributed by atoms with E-state index in [1.807, 2.05) is 54.9 Å². The van der Waals surface area contributed by atoms with Gasteiger partial charge >= 0.3 is 5.97 Å². The molecule has 4 aromatic carbocycles. The van der Waals surface area contributed by atoms with Crippen molar-refractivity contribution in [1.29, 1.82) is 0 Å². The number of rotatable bonds is 7. The lowest BCUT2D eigenvalue weighted by atomic mass is 10.0. The Labute approximate surface area is 244 Å². The number of carbonyl (C=O) groups is 1. The summed E-state index contributed by atoms with van der Waals surface area (Å²) in [5.41, 5.74) is 9.70. The summed E-state index contributed by atoms with van der Waals surface area (Å²) < 4.78 is 12.7. The Hall–Kier alpha value is -5.30. The molecule has 0 saturated heterocycles. The molecule has 0 unspecified atom stereocenters. The lowest BCUT2D eigenvalue weighted by Gasteiger charge is -2.13. The van der Waals surface area contributed by atoms with Gasteiger partial charge in [0, 0.05) is 23.5 Å². The molecule has 0 aliphatic heterocycles. The Kier molecular flexibility index (Phi) is 7.23. The van der Waals surface area contributed by atoms with Crippen LogP contribution in [-0.2, 0) is 4.74 Å². The van der Waals surface area contributed by atoms with Crippen LogP contribution in [0, 0.1) is 6.92 Å². The molecule has 0 spiro atoms. The number of hydrogen-bond acceptors (Lipinski definition) is 6. The van der Waals surface area contributed by atoms with Gasteiger partial charge in [-0.25, -0.2) is 9.48 Å². The molecule has 0 atom stereocenters. The molecule has 6 rings (SSSR count). The van der Waals surface area contributed by atoms with E-state index in [1.54, 1.807) is 24.5 Å². The van der Waals surface area contributed by atoms with E-state index in [0.29, 0.717) is 5.56 Å². The Bertz CT molecular complexity index is 1910. The molecule has 0 aliphatic carbocycles. The first-order valence-corrected chi connectivity index (χ1v) is 13.8. The van der Waals surface area contributed by atoms with Crippen molar-refractivity contribution in [2.45, 2.75) is 26.9 Å². The summed E-state index contributed by atoms with van der Waals surface area (Å²) in [5, 5.41) is 5.00. The van der Waals surface area contributed by atoms with Gasteiger partial charge in [-0.2, -0.15) is 5.10 Å². The molecule has 0 fully saturated rings. The summed E-state index contributed by atoms with van der Waals surface area (Å²) in [7, 11) is 1.38. The standard InChI is InChI=1S/C35H30N4O3/c1-22(2)42-34-15-13-26(18-23(34)3)24-8-10-25(11-9-24)31-21-33(27-12-14-30-32(20-27)37-17-16-36-30)39(38-31)29-7-5-6-28(19-29)35(40)41-4/h5-22H,1-4H3. The van der Waals surface area contributed by atoms with Crippen LogP contribution in [0.5, 0.6) is 5.75 Å². The maximum absolute atomic E-state index is 12.3. The number of aromatic nitrogens is 4. The number of carbonyl (C=O) groups excluding carboxylic acids is 1. The van der Waals surface area contributed by atoms with E-state index < -0.39 is 5.97 Å². The number of methoxy groups -OCH3 is 1. The highest BCUT2D eigenvalue weighted by Gasteiger charge is 2.16. The number of esters is 1. The molecule has 208 valence electrons. The van der Waals surface area contributed by atoms with Crippen molar-refractivity contribution in [1.82, 2.24) is 19.7 Å². The predicted octanol–water partition coefficient (Wildman–Crippen LogP) is 7.70. The van der Waals surface area contributed by atoms with Gasteiger partial charge in [0.15, 0.2) is 0 Å². The fourth-order valence-corrected chi connectivity index (χ4v) is 4.98. The molecule has 0 saturated carbocycles. The third kappa shape index (κ3) is 5.37. The number of fused-ring (bicyclic) bond motifs is 1. The van der Waals surface area contributed by atoms with Crippen LogP contribution < -0.4 is 4.74 Å². The van der Waals surface area contributed by atoms with E-state index in [4.69, 9.17) is 14.6 Å². The van der Waals surface area contributed by atoms with Gasteiger partial charge in [0.25, 0.3) is 0 Å². The minimum Gasteiger partial charge on any atom is -0.491 e. The minimum absolute atomic E-state index is 0.129. The van der Waals surface area contributed by atoms with Crippen LogP contribution in [0.2, 0.25) is 0 Å². The van der Waals surface area contributed by atoms with Crippen LogP contribution >= 0.6 is 0 Å². The average molecular weight is 555 g/mol. The number of nitrogens with zero attached hydrogens (tertiary/aromatic N) is 4. The molecule has 0 radical (unpaired) electrons. The Morgan fingerprint density at radius 3 is 2.21 bits per heavy atom. The highest BCUT2D eigenvalue weighted by atomic mass is 16.5. The molecule has 6 aromatic rings. The van der Waals surface area contributed by atoms with Crippen LogP contribution in [0.4, 0.5) is 0 Å². The summed E-state index contributed by atoms with van der Waals surface area (Å²) in [6.07, 6.45) is 3.49. The third-order valence-electron chi connectivity index (χ3n) is 7.04. The topological polar surface area (TPSA) is 79.1 Å². The first kappa shape index (κ1) is 26.9. The zero-order valence-electron chi connectivity index (χ0n) is 23.9. The predicted molar refractivity (Wildman–Crippen MR) is 165 cm³/mol. The largest absolute Gasteiger partial charge is 0.491 e. The maximum Gasteiger partial charge on any atom is 0.337 e. The van der Waals surface area contributed by atoms with Gasteiger partial charge in [-0.3, -0.25) is 9.97 Å². The summed E-state index contributed by atoms with van der Waals surface area (Å²) in [5.74, 6) is 0.501. The van der Waals surface area contributed by atoms with Crippen LogP contribution in [0.3, 0.4) is 0 Å². The zero-order valence-corrected chi connectivity index (χ0v) is 23.9. The highest BCUT2D eigenvalue weighted by molar-refractivity contribution is 5.90. The SMILES string of the molecule is COC(=O)c1cccc(-n2nc(-c3ccc(-c4ccc(OC(C)C)c(C)c4)cc3)cc2-c2ccc3nccnc3c2)c1. The maximum atomic E-state index is 12.3. The smallest absolute Gasteiger partial charge is 0.337 e. The van der Waals surface area contributed by atoms with Crippen molar-refractivity contribution in [2.24, 2.45) is 0 Å². The number of benzene rings is 4. The molecule has 7 heteroatoms. The number of hydrogen-bond donors (Lipinski definition) is 0. The van der Waals surface area contributed by atoms with Crippen molar-refractivity contribution in [3.63, 3.8) is 0 Å². The van der Waals surface area contributed by atoms with Crippen LogP contribution in [-0.4, -0.2) is 38.9 Å². The third-order valence-corrected chi connectivity index (χ3v) is 7.04. The molecule has 2 heterocycles. The number of aryl methyl sites for hydroxylation is 1. The van der Waals surface area contributed by atoms with E-state index in [1.165, 1.54) is 7.11 Å². The Balaban J connectivity index is 1.41. The second kappa shape index (κ2) is 11.3. The minimum atomic E-state index is -0.401. The summed E-state index contributed by atoms with van der Waals surface area (Å²) >= 11 is 0. The van der Waals surface area contributed by atoms with E-state index in [-0.39, 0.29) is 6.10 Å². The molecule has 42 heavy (non-hydrogen) atoms. The average Bonchev–Trinajstić information content (AvgIpc) is 3.47. The van der Waals surface area contributed by atoms with Crippen molar-refractivity contribution in [3.05, 3.63) is 115 Å². The molecule has 2 aromatic heterocycles. The summed E-state index contributed by atoms with van der Waals surface area (Å²) in [6, 6.07) is 29.9. The van der Waals surface area contributed by atoms with Gasteiger partial charge < -0.3 is 9.47 Å². The number of ether oxygens (including phenoxy) is 2. The van der Waals surface area contributed by atoms with Crippen LogP contribution in [0.25, 0.3) is 50.4 Å². The van der Waals surface area contributed by atoms with Crippen molar-refractivity contribution in [2.75, 3.05) is 7.11 Å². The van der Waals surface area contributed by atoms with Crippen molar-refractivity contribution < 1.29 is 14.3 Å². The van der Waals surface area contributed by atoms with Gasteiger partial charge in [0.1, 0.15) is 5.75 Å². The van der Waals surface area contributed by atoms with E-state index in [9.17, 15) is 4.79 Å². The Morgan fingerprint density at radius 2 is 1.48 bits per heavy atom. The highest BCUT2D eigenvalue weighted by Crippen LogP contribution is 2.32.